The highest BCUT2D eigenvalue weighted by Crippen LogP contribution is 2.29. The van der Waals surface area contributed by atoms with Gasteiger partial charge in [0, 0.05) is 11.3 Å². The van der Waals surface area contributed by atoms with Crippen LogP contribution in [0.15, 0.2) is 12.1 Å². The topological polar surface area (TPSA) is 61.5 Å². The van der Waals surface area contributed by atoms with Crippen LogP contribution in [-0.4, -0.2) is 19.2 Å². The number of ether oxygens (including phenoxy) is 2. The summed E-state index contributed by atoms with van der Waals surface area (Å²) in [6.07, 6.45) is -0.191. The van der Waals surface area contributed by atoms with E-state index in [1.807, 2.05) is 0 Å². The van der Waals surface area contributed by atoms with E-state index in [9.17, 15) is 13.6 Å². The normalized spacial score (nSPS) is 10.5. The van der Waals surface area contributed by atoms with E-state index in [2.05, 4.69) is 4.74 Å². The Labute approximate surface area is 104 Å². The third kappa shape index (κ3) is 3.58. The van der Waals surface area contributed by atoms with E-state index in [1.54, 1.807) is 19.9 Å². The van der Waals surface area contributed by atoms with Crippen molar-refractivity contribution in [3.05, 3.63) is 23.3 Å². The molecular formula is C12H15F2NO3. The van der Waals surface area contributed by atoms with Gasteiger partial charge in [-0.15, -0.1) is 0 Å². The number of nitrogens with two attached hydrogens (primary N) is 1. The van der Waals surface area contributed by atoms with Gasteiger partial charge in [-0.05, 0) is 25.5 Å². The van der Waals surface area contributed by atoms with Gasteiger partial charge >= 0.3 is 12.6 Å². The van der Waals surface area contributed by atoms with Crippen LogP contribution in [0.4, 0.5) is 14.5 Å². The third-order valence-corrected chi connectivity index (χ3v) is 2.37. The van der Waals surface area contributed by atoms with Crippen molar-refractivity contribution < 1.29 is 23.0 Å². The summed E-state index contributed by atoms with van der Waals surface area (Å²) in [7, 11) is 0. The molecule has 0 aliphatic heterocycles. The van der Waals surface area contributed by atoms with Gasteiger partial charge in [-0.1, -0.05) is 6.07 Å². The maximum atomic E-state index is 12.2. The fourth-order valence-corrected chi connectivity index (χ4v) is 1.51. The van der Waals surface area contributed by atoms with Crippen molar-refractivity contribution >= 4 is 11.7 Å². The van der Waals surface area contributed by atoms with Gasteiger partial charge < -0.3 is 15.2 Å². The van der Waals surface area contributed by atoms with Gasteiger partial charge in [-0.25, -0.2) is 0 Å². The fourth-order valence-electron chi connectivity index (χ4n) is 1.51. The summed E-state index contributed by atoms with van der Waals surface area (Å²) in [6.45, 7) is 0.632. The first-order valence-electron chi connectivity index (χ1n) is 5.44. The number of esters is 1. The lowest BCUT2D eigenvalue weighted by atomic mass is 10.0. The zero-order valence-corrected chi connectivity index (χ0v) is 10.2. The minimum absolute atomic E-state index is 0.0962. The first-order valence-corrected chi connectivity index (χ1v) is 5.44. The smallest absolute Gasteiger partial charge is 0.387 e. The number of benzene rings is 1. The molecule has 0 aliphatic rings. The zero-order valence-electron chi connectivity index (χ0n) is 10.2. The standard InChI is InChI=1S/C12H15F2NO3/c1-3-17-10(16)6-8-9(18-12(13)14)5-4-7(2)11(8)15/h4-5,12H,3,6,15H2,1-2H3. The molecule has 0 radical (unpaired) electrons. The molecule has 0 amide bonds. The van der Waals surface area contributed by atoms with E-state index in [1.165, 1.54) is 6.07 Å². The highest BCUT2D eigenvalue weighted by Gasteiger charge is 2.17. The van der Waals surface area contributed by atoms with Gasteiger partial charge in [-0.2, -0.15) is 8.78 Å². The number of hydrogen-bond acceptors (Lipinski definition) is 4. The number of anilines is 1. The number of hydrogen-bond donors (Lipinski definition) is 1. The van der Waals surface area contributed by atoms with Crippen molar-refractivity contribution in [3.63, 3.8) is 0 Å². The van der Waals surface area contributed by atoms with Gasteiger partial charge in [0.1, 0.15) is 5.75 Å². The predicted molar refractivity (Wildman–Crippen MR) is 62.6 cm³/mol. The Morgan fingerprint density at radius 3 is 2.67 bits per heavy atom. The number of alkyl halides is 2. The van der Waals surface area contributed by atoms with Crippen molar-refractivity contribution in [2.45, 2.75) is 26.9 Å². The van der Waals surface area contributed by atoms with Gasteiger partial charge in [-0.3, -0.25) is 4.79 Å². The van der Waals surface area contributed by atoms with Crippen LogP contribution in [-0.2, 0) is 16.0 Å². The second-order valence-electron chi connectivity index (χ2n) is 3.63. The maximum Gasteiger partial charge on any atom is 0.387 e. The quantitative estimate of drug-likeness (QED) is 0.651. The van der Waals surface area contributed by atoms with E-state index in [-0.39, 0.29) is 30.0 Å². The number of nitrogen functional groups attached to an aromatic ring is 1. The van der Waals surface area contributed by atoms with Crippen LogP contribution in [0.3, 0.4) is 0 Å². The molecule has 18 heavy (non-hydrogen) atoms. The highest BCUT2D eigenvalue weighted by atomic mass is 19.3. The summed E-state index contributed by atoms with van der Waals surface area (Å²) in [6, 6.07) is 2.92. The summed E-state index contributed by atoms with van der Waals surface area (Å²) in [5.74, 6) is -0.630. The highest BCUT2D eigenvalue weighted by molar-refractivity contribution is 5.77. The van der Waals surface area contributed by atoms with Gasteiger partial charge in [0.2, 0.25) is 0 Å². The van der Waals surface area contributed by atoms with Crippen LogP contribution in [0, 0.1) is 6.92 Å². The van der Waals surface area contributed by atoms with Crippen LogP contribution in [0.2, 0.25) is 0 Å². The molecule has 100 valence electrons. The van der Waals surface area contributed by atoms with Crippen molar-refractivity contribution in [3.8, 4) is 5.75 Å². The van der Waals surface area contributed by atoms with E-state index >= 15 is 0 Å². The van der Waals surface area contributed by atoms with E-state index < -0.39 is 12.6 Å². The summed E-state index contributed by atoms with van der Waals surface area (Å²) >= 11 is 0. The predicted octanol–water partition coefficient (Wildman–Crippen LogP) is 2.28. The average Bonchev–Trinajstić information content (AvgIpc) is 2.28. The molecule has 1 aromatic rings. The molecule has 0 aromatic heterocycles. The molecule has 2 N–H and O–H groups in total. The third-order valence-electron chi connectivity index (χ3n) is 2.37. The number of carbonyl (C=O) groups is 1. The van der Waals surface area contributed by atoms with E-state index in [4.69, 9.17) is 10.5 Å². The summed E-state index contributed by atoms with van der Waals surface area (Å²) in [4.78, 5) is 11.4. The molecular weight excluding hydrogens is 244 g/mol. The van der Waals surface area contributed by atoms with Gasteiger partial charge in [0.25, 0.3) is 0 Å². The lowest BCUT2D eigenvalue weighted by Crippen LogP contribution is -2.13. The zero-order chi connectivity index (χ0) is 13.7. The second-order valence-corrected chi connectivity index (χ2v) is 3.63. The molecule has 0 saturated heterocycles. The molecule has 0 spiro atoms. The molecule has 0 saturated carbocycles. The Balaban J connectivity index is 3.04. The monoisotopic (exact) mass is 259 g/mol. The van der Waals surface area contributed by atoms with Crippen LogP contribution < -0.4 is 10.5 Å². The molecule has 0 bridgehead atoms. The Morgan fingerprint density at radius 2 is 2.11 bits per heavy atom. The Bertz CT molecular complexity index is 436. The van der Waals surface area contributed by atoms with Gasteiger partial charge in [0.15, 0.2) is 0 Å². The molecule has 0 atom stereocenters. The lowest BCUT2D eigenvalue weighted by molar-refractivity contribution is -0.142. The number of halogens is 2. The molecule has 0 fully saturated rings. The molecule has 0 heterocycles. The minimum atomic E-state index is -2.96. The number of carbonyl (C=O) groups excluding carboxylic acids is 1. The number of rotatable bonds is 5. The summed E-state index contributed by atoms with van der Waals surface area (Å²) < 4.78 is 33.6. The molecule has 4 nitrogen and oxygen atoms in total. The molecule has 6 heteroatoms. The van der Waals surface area contributed by atoms with Crippen LogP contribution in [0.1, 0.15) is 18.1 Å². The maximum absolute atomic E-state index is 12.2. The molecule has 1 aromatic carbocycles. The first kappa shape index (κ1) is 14.2. The minimum Gasteiger partial charge on any atom is -0.466 e. The largest absolute Gasteiger partial charge is 0.466 e. The lowest BCUT2D eigenvalue weighted by Gasteiger charge is -2.14. The van der Waals surface area contributed by atoms with Crippen LogP contribution in [0.25, 0.3) is 0 Å². The molecule has 0 aliphatic carbocycles. The summed E-state index contributed by atoms with van der Waals surface area (Å²) in [5, 5.41) is 0. The van der Waals surface area contributed by atoms with Crippen molar-refractivity contribution in [2.24, 2.45) is 0 Å². The van der Waals surface area contributed by atoms with Crippen molar-refractivity contribution in [1.82, 2.24) is 0 Å². The Hall–Kier alpha value is -1.85. The molecule has 1 rings (SSSR count). The fraction of sp³-hybridized carbons (Fsp3) is 0.417. The average molecular weight is 259 g/mol. The first-order chi connectivity index (χ1) is 8.45. The van der Waals surface area contributed by atoms with Crippen molar-refractivity contribution in [2.75, 3.05) is 12.3 Å². The van der Waals surface area contributed by atoms with Crippen LogP contribution >= 0.6 is 0 Å². The van der Waals surface area contributed by atoms with E-state index in [0.29, 0.717) is 5.56 Å². The SMILES string of the molecule is CCOC(=O)Cc1c(OC(F)F)ccc(C)c1N. The van der Waals surface area contributed by atoms with Crippen LogP contribution in [0.5, 0.6) is 5.75 Å². The number of aryl methyl sites for hydroxylation is 1. The Morgan fingerprint density at radius 1 is 1.44 bits per heavy atom. The molecule has 0 unspecified atom stereocenters. The van der Waals surface area contributed by atoms with Gasteiger partial charge in [0.05, 0.1) is 13.0 Å². The summed E-state index contributed by atoms with van der Waals surface area (Å²) in [5.41, 5.74) is 6.96. The van der Waals surface area contributed by atoms with E-state index in [0.717, 1.165) is 0 Å². The van der Waals surface area contributed by atoms with Crippen molar-refractivity contribution in [1.29, 1.82) is 0 Å². The second kappa shape index (κ2) is 6.18. The Kier molecular flexibility index (Phi) is 4.88.